The fourth-order valence-electron chi connectivity index (χ4n) is 1.08. The van der Waals surface area contributed by atoms with E-state index in [0.717, 1.165) is 12.0 Å². The quantitative estimate of drug-likeness (QED) is 0.609. The SMILES string of the molecule is C#Cc1ccc(C=CCCC)cc1. The van der Waals surface area contributed by atoms with E-state index in [9.17, 15) is 0 Å². The summed E-state index contributed by atoms with van der Waals surface area (Å²) in [6.07, 6.45) is 11.9. The molecular formula is C13H14. The first-order valence-electron chi connectivity index (χ1n) is 4.60. The van der Waals surface area contributed by atoms with Gasteiger partial charge in [0.2, 0.25) is 0 Å². The zero-order valence-electron chi connectivity index (χ0n) is 7.96. The number of allylic oxidation sites excluding steroid dienone is 1. The molecule has 0 aliphatic carbocycles. The maximum absolute atomic E-state index is 5.25. The first kappa shape index (κ1) is 9.61. The van der Waals surface area contributed by atoms with Gasteiger partial charge >= 0.3 is 0 Å². The van der Waals surface area contributed by atoms with E-state index < -0.39 is 0 Å². The van der Waals surface area contributed by atoms with E-state index in [-0.39, 0.29) is 0 Å². The fraction of sp³-hybridized carbons (Fsp3) is 0.231. The van der Waals surface area contributed by atoms with Crippen molar-refractivity contribution in [3.05, 3.63) is 41.5 Å². The van der Waals surface area contributed by atoms with Gasteiger partial charge in [-0.05, 0) is 24.1 Å². The number of terminal acetylenes is 1. The Balaban J connectivity index is 2.65. The minimum Gasteiger partial charge on any atom is -0.115 e. The first-order valence-corrected chi connectivity index (χ1v) is 4.60. The molecule has 1 aromatic rings. The van der Waals surface area contributed by atoms with E-state index in [1.807, 2.05) is 24.3 Å². The molecule has 0 saturated carbocycles. The summed E-state index contributed by atoms with van der Waals surface area (Å²) in [5, 5.41) is 0. The molecule has 0 aromatic heterocycles. The molecule has 0 saturated heterocycles. The maximum atomic E-state index is 5.25. The van der Waals surface area contributed by atoms with Crippen molar-refractivity contribution in [1.29, 1.82) is 0 Å². The molecule has 1 aromatic carbocycles. The molecule has 0 spiro atoms. The van der Waals surface area contributed by atoms with Crippen LogP contribution in [0.1, 0.15) is 30.9 Å². The molecule has 0 atom stereocenters. The highest BCUT2D eigenvalue weighted by atomic mass is 13.9. The molecule has 0 N–H and O–H groups in total. The lowest BCUT2D eigenvalue weighted by molar-refractivity contribution is 0.962. The van der Waals surface area contributed by atoms with E-state index >= 15 is 0 Å². The summed E-state index contributed by atoms with van der Waals surface area (Å²) in [6.45, 7) is 2.17. The molecule has 13 heavy (non-hydrogen) atoms. The van der Waals surface area contributed by atoms with Crippen LogP contribution in [0.4, 0.5) is 0 Å². The Morgan fingerprint density at radius 2 is 2.00 bits per heavy atom. The standard InChI is InChI=1S/C13H14/c1-3-5-6-7-13-10-8-12(4-2)9-11-13/h2,6-11H,3,5H2,1H3. The first-order chi connectivity index (χ1) is 6.36. The summed E-state index contributed by atoms with van der Waals surface area (Å²) in [6, 6.07) is 8.01. The average Bonchev–Trinajstić information content (AvgIpc) is 2.19. The zero-order chi connectivity index (χ0) is 9.52. The monoisotopic (exact) mass is 170 g/mol. The molecule has 0 fully saturated rings. The number of rotatable bonds is 3. The topological polar surface area (TPSA) is 0 Å². The second kappa shape index (κ2) is 5.22. The van der Waals surface area contributed by atoms with Gasteiger partial charge in [0.1, 0.15) is 0 Å². The summed E-state index contributed by atoms with van der Waals surface area (Å²) in [4.78, 5) is 0. The summed E-state index contributed by atoms with van der Waals surface area (Å²) in [5.41, 5.74) is 2.15. The molecule has 66 valence electrons. The molecule has 1 rings (SSSR count). The van der Waals surface area contributed by atoms with Gasteiger partial charge in [-0.2, -0.15) is 0 Å². The lowest BCUT2D eigenvalue weighted by atomic mass is 10.1. The second-order valence-corrected chi connectivity index (χ2v) is 2.96. The molecule has 0 bridgehead atoms. The highest BCUT2D eigenvalue weighted by Gasteiger charge is 1.86. The highest BCUT2D eigenvalue weighted by molar-refractivity contribution is 5.51. The van der Waals surface area contributed by atoms with Crippen molar-refractivity contribution in [2.75, 3.05) is 0 Å². The van der Waals surface area contributed by atoms with Crippen LogP contribution in [0.15, 0.2) is 30.3 Å². The predicted molar refractivity (Wildman–Crippen MR) is 58.3 cm³/mol. The maximum Gasteiger partial charge on any atom is 0.0243 e. The zero-order valence-corrected chi connectivity index (χ0v) is 7.96. The van der Waals surface area contributed by atoms with Crippen molar-refractivity contribution < 1.29 is 0 Å². The van der Waals surface area contributed by atoms with Crippen molar-refractivity contribution >= 4 is 6.08 Å². The third-order valence-electron chi connectivity index (χ3n) is 1.84. The van der Waals surface area contributed by atoms with Gasteiger partial charge in [0.05, 0.1) is 0 Å². The third-order valence-corrected chi connectivity index (χ3v) is 1.84. The van der Waals surface area contributed by atoms with Crippen molar-refractivity contribution in [2.45, 2.75) is 19.8 Å². The number of hydrogen-bond acceptors (Lipinski definition) is 0. The Morgan fingerprint density at radius 3 is 2.54 bits per heavy atom. The number of hydrogen-bond donors (Lipinski definition) is 0. The van der Waals surface area contributed by atoms with Crippen molar-refractivity contribution in [2.24, 2.45) is 0 Å². The van der Waals surface area contributed by atoms with Gasteiger partial charge in [0.15, 0.2) is 0 Å². The van der Waals surface area contributed by atoms with Crippen LogP contribution in [0.5, 0.6) is 0 Å². The highest BCUT2D eigenvalue weighted by Crippen LogP contribution is 2.05. The van der Waals surface area contributed by atoms with E-state index in [2.05, 4.69) is 25.0 Å². The molecule has 0 heterocycles. The lowest BCUT2D eigenvalue weighted by Crippen LogP contribution is -1.74. The van der Waals surface area contributed by atoms with Crippen LogP contribution in [0.2, 0.25) is 0 Å². The lowest BCUT2D eigenvalue weighted by Gasteiger charge is -1.93. The minimum absolute atomic E-state index is 0.938. The molecule has 0 heteroatoms. The van der Waals surface area contributed by atoms with Crippen LogP contribution in [-0.2, 0) is 0 Å². The normalized spacial score (nSPS) is 10.2. The minimum atomic E-state index is 0.938. The second-order valence-electron chi connectivity index (χ2n) is 2.96. The van der Waals surface area contributed by atoms with Crippen LogP contribution in [0.25, 0.3) is 6.08 Å². The van der Waals surface area contributed by atoms with E-state index in [4.69, 9.17) is 6.42 Å². The molecule has 0 unspecified atom stereocenters. The van der Waals surface area contributed by atoms with Gasteiger partial charge in [-0.1, -0.05) is 43.5 Å². The van der Waals surface area contributed by atoms with Gasteiger partial charge in [0, 0.05) is 5.56 Å². The average molecular weight is 170 g/mol. The molecule has 0 amide bonds. The molecule has 0 aliphatic heterocycles. The van der Waals surface area contributed by atoms with Crippen LogP contribution in [-0.4, -0.2) is 0 Å². The Labute approximate surface area is 80.3 Å². The van der Waals surface area contributed by atoms with Gasteiger partial charge in [-0.3, -0.25) is 0 Å². The Morgan fingerprint density at radius 1 is 1.31 bits per heavy atom. The van der Waals surface area contributed by atoms with Gasteiger partial charge < -0.3 is 0 Å². The van der Waals surface area contributed by atoms with E-state index in [1.54, 1.807) is 0 Å². The van der Waals surface area contributed by atoms with Crippen molar-refractivity contribution in [1.82, 2.24) is 0 Å². The van der Waals surface area contributed by atoms with Crippen LogP contribution in [0.3, 0.4) is 0 Å². The summed E-state index contributed by atoms with van der Waals surface area (Å²) in [7, 11) is 0. The number of unbranched alkanes of at least 4 members (excludes halogenated alkanes) is 1. The van der Waals surface area contributed by atoms with E-state index in [0.29, 0.717) is 0 Å². The number of benzene rings is 1. The molecular weight excluding hydrogens is 156 g/mol. The molecule has 0 nitrogen and oxygen atoms in total. The molecule has 0 aliphatic rings. The Kier molecular flexibility index (Phi) is 3.85. The summed E-state index contributed by atoms with van der Waals surface area (Å²) >= 11 is 0. The van der Waals surface area contributed by atoms with Crippen LogP contribution >= 0.6 is 0 Å². The van der Waals surface area contributed by atoms with Gasteiger partial charge in [0.25, 0.3) is 0 Å². The van der Waals surface area contributed by atoms with Crippen molar-refractivity contribution in [3.8, 4) is 12.3 Å². The van der Waals surface area contributed by atoms with Crippen molar-refractivity contribution in [3.63, 3.8) is 0 Å². The van der Waals surface area contributed by atoms with Gasteiger partial charge in [-0.15, -0.1) is 6.42 Å². The van der Waals surface area contributed by atoms with Gasteiger partial charge in [-0.25, -0.2) is 0 Å². The van der Waals surface area contributed by atoms with E-state index in [1.165, 1.54) is 12.0 Å². The molecule has 0 radical (unpaired) electrons. The van der Waals surface area contributed by atoms with Crippen LogP contribution < -0.4 is 0 Å². The fourth-order valence-corrected chi connectivity index (χ4v) is 1.08. The Bertz CT molecular complexity index is 309. The largest absolute Gasteiger partial charge is 0.115 e. The summed E-state index contributed by atoms with van der Waals surface area (Å²) < 4.78 is 0. The predicted octanol–water partition coefficient (Wildman–Crippen LogP) is 3.48. The summed E-state index contributed by atoms with van der Waals surface area (Å²) in [5.74, 6) is 2.60. The smallest absolute Gasteiger partial charge is 0.0243 e. The Hall–Kier alpha value is -1.48. The third kappa shape index (κ3) is 3.17. The van der Waals surface area contributed by atoms with Crippen LogP contribution in [0, 0.1) is 12.3 Å².